The van der Waals surface area contributed by atoms with Gasteiger partial charge in [0.15, 0.2) is 0 Å². The molecular weight excluding hydrogens is 228 g/mol. The van der Waals surface area contributed by atoms with Gasteiger partial charge in [-0.25, -0.2) is 8.78 Å². The average molecular weight is 242 g/mol. The molecular formula is C9H14F4N2O. The Morgan fingerprint density at radius 3 is 2.50 bits per heavy atom. The smallest absolute Gasteiger partial charge is 0.330 e. The normalized spacial score (nSPS) is 13.8. The first-order valence-electron chi connectivity index (χ1n) is 4.80. The zero-order valence-electron chi connectivity index (χ0n) is 8.85. The third kappa shape index (κ3) is 5.88. The van der Waals surface area contributed by atoms with E-state index in [1.807, 2.05) is 6.92 Å². The van der Waals surface area contributed by atoms with Crippen molar-refractivity contribution in [2.75, 3.05) is 19.8 Å². The maximum Gasteiger partial charge on any atom is 0.330 e. The van der Waals surface area contributed by atoms with E-state index in [0.29, 0.717) is 6.54 Å². The summed E-state index contributed by atoms with van der Waals surface area (Å²) in [5, 5.41) is 11.3. The molecule has 1 atom stereocenters. The number of ether oxygens (including phenoxy) is 1. The predicted molar refractivity (Wildman–Crippen MR) is 49.5 cm³/mol. The molecule has 0 aliphatic carbocycles. The lowest BCUT2D eigenvalue weighted by Crippen LogP contribution is -2.37. The van der Waals surface area contributed by atoms with E-state index in [4.69, 9.17) is 5.26 Å². The summed E-state index contributed by atoms with van der Waals surface area (Å²) in [7, 11) is 0. The van der Waals surface area contributed by atoms with Crippen molar-refractivity contribution < 1.29 is 22.3 Å². The Morgan fingerprint density at radius 1 is 1.44 bits per heavy atom. The molecule has 1 unspecified atom stereocenters. The van der Waals surface area contributed by atoms with Gasteiger partial charge in [0.05, 0.1) is 12.7 Å². The minimum atomic E-state index is -4.16. The van der Waals surface area contributed by atoms with Crippen molar-refractivity contribution in [3.05, 3.63) is 0 Å². The van der Waals surface area contributed by atoms with Gasteiger partial charge < -0.3 is 10.1 Å². The Morgan fingerprint density at radius 2 is 2.06 bits per heavy atom. The Balaban J connectivity index is 3.83. The van der Waals surface area contributed by atoms with Crippen molar-refractivity contribution in [3.63, 3.8) is 0 Å². The van der Waals surface area contributed by atoms with Gasteiger partial charge >= 0.3 is 12.3 Å². The molecule has 7 heteroatoms. The van der Waals surface area contributed by atoms with E-state index < -0.39 is 25.0 Å². The van der Waals surface area contributed by atoms with Crippen LogP contribution < -0.4 is 5.32 Å². The molecule has 0 fully saturated rings. The molecule has 0 heterocycles. The zero-order chi connectivity index (χ0) is 12.6. The largest absolute Gasteiger partial charge is 0.372 e. The van der Waals surface area contributed by atoms with Gasteiger partial charge in [-0.15, -0.1) is 0 Å². The first-order chi connectivity index (χ1) is 7.44. The van der Waals surface area contributed by atoms with E-state index in [0.717, 1.165) is 6.42 Å². The average Bonchev–Trinajstić information content (AvgIpc) is 2.22. The summed E-state index contributed by atoms with van der Waals surface area (Å²) in [6.45, 7) is 0.690. The number of nitriles is 1. The fourth-order valence-electron chi connectivity index (χ4n) is 0.836. The fourth-order valence-corrected chi connectivity index (χ4v) is 0.836. The molecule has 0 bridgehead atoms. The topological polar surface area (TPSA) is 45.0 Å². The van der Waals surface area contributed by atoms with E-state index in [1.54, 1.807) is 6.07 Å². The van der Waals surface area contributed by atoms with Gasteiger partial charge in [0, 0.05) is 0 Å². The van der Waals surface area contributed by atoms with Gasteiger partial charge in [-0.3, -0.25) is 0 Å². The standard InChI is InChI=1S/C9H14F4N2O/c1-2-3-15-7(4-14)5-16-6-9(12,13)8(10)11/h7-8,15H,2-3,5-6H2,1H3. The molecule has 1 N–H and O–H groups in total. The summed E-state index contributed by atoms with van der Waals surface area (Å²) >= 11 is 0. The molecule has 0 aromatic carbocycles. The molecule has 0 radical (unpaired) electrons. The molecule has 0 saturated heterocycles. The SMILES string of the molecule is CCCNC(C#N)COCC(F)(F)C(F)F. The number of rotatable bonds is 8. The summed E-state index contributed by atoms with van der Waals surface area (Å²) in [4.78, 5) is 0. The van der Waals surface area contributed by atoms with Crippen LogP contribution in [-0.4, -0.2) is 38.1 Å². The molecule has 0 rings (SSSR count). The van der Waals surface area contributed by atoms with Gasteiger partial charge in [0.1, 0.15) is 12.6 Å². The molecule has 0 aliphatic heterocycles. The Bertz CT molecular complexity index is 230. The number of nitrogens with zero attached hydrogens (tertiary/aromatic N) is 1. The van der Waals surface area contributed by atoms with Crippen LogP contribution in [0.4, 0.5) is 17.6 Å². The van der Waals surface area contributed by atoms with Crippen LogP contribution in [-0.2, 0) is 4.74 Å². The van der Waals surface area contributed by atoms with Crippen molar-refractivity contribution >= 4 is 0 Å². The van der Waals surface area contributed by atoms with Crippen LogP contribution in [0.2, 0.25) is 0 Å². The summed E-state index contributed by atoms with van der Waals surface area (Å²) in [5.74, 6) is -4.16. The maximum absolute atomic E-state index is 12.4. The fraction of sp³-hybridized carbons (Fsp3) is 0.889. The monoisotopic (exact) mass is 242 g/mol. The predicted octanol–water partition coefficient (Wildman–Crippen LogP) is 1.80. The summed E-state index contributed by atoms with van der Waals surface area (Å²) in [6, 6.07) is 1.03. The van der Waals surface area contributed by atoms with Crippen LogP contribution in [0.25, 0.3) is 0 Å². The van der Waals surface area contributed by atoms with E-state index in [-0.39, 0.29) is 6.61 Å². The van der Waals surface area contributed by atoms with Crippen molar-refractivity contribution in [3.8, 4) is 6.07 Å². The summed E-state index contributed by atoms with van der Waals surface area (Å²) in [5.41, 5.74) is 0. The number of hydrogen-bond acceptors (Lipinski definition) is 3. The number of hydrogen-bond donors (Lipinski definition) is 1. The number of alkyl halides is 4. The minimum Gasteiger partial charge on any atom is -0.372 e. The second-order valence-corrected chi connectivity index (χ2v) is 3.21. The lowest BCUT2D eigenvalue weighted by atomic mass is 10.3. The minimum absolute atomic E-state index is 0.335. The highest BCUT2D eigenvalue weighted by Gasteiger charge is 2.41. The van der Waals surface area contributed by atoms with Crippen molar-refractivity contribution in [1.29, 1.82) is 5.26 Å². The summed E-state index contributed by atoms with van der Waals surface area (Å²) < 4.78 is 52.6. The van der Waals surface area contributed by atoms with Crippen LogP contribution >= 0.6 is 0 Å². The molecule has 94 valence electrons. The van der Waals surface area contributed by atoms with E-state index in [1.165, 1.54) is 0 Å². The van der Waals surface area contributed by atoms with Crippen molar-refractivity contribution in [2.24, 2.45) is 0 Å². The molecule has 0 saturated carbocycles. The van der Waals surface area contributed by atoms with E-state index in [2.05, 4.69) is 10.1 Å². The van der Waals surface area contributed by atoms with E-state index >= 15 is 0 Å². The quantitative estimate of drug-likeness (QED) is 0.660. The van der Waals surface area contributed by atoms with Crippen LogP contribution in [0, 0.1) is 11.3 Å². The van der Waals surface area contributed by atoms with E-state index in [9.17, 15) is 17.6 Å². The maximum atomic E-state index is 12.4. The molecule has 0 amide bonds. The van der Waals surface area contributed by atoms with Gasteiger partial charge in [0.25, 0.3) is 0 Å². The van der Waals surface area contributed by atoms with Crippen molar-refractivity contribution in [2.45, 2.75) is 31.7 Å². The second kappa shape index (κ2) is 7.41. The zero-order valence-corrected chi connectivity index (χ0v) is 8.85. The third-order valence-electron chi connectivity index (χ3n) is 1.69. The summed E-state index contributed by atoms with van der Waals surface area (Å²) in [6.07, 6.45) is -2.98. The highest BCUT2D eigenvalue weighted by atomic mass is 19.3. The lowest BCUT2D eigenvalue weighted by molar-refractivity contribution is -0.166. The lowest BCUT2D eigenvalue weighted by Gasteiger charge is -2.17. The van der Waals surface area contributed by atoms with Crippen LogP contribution in [0.15, 0.2) is 0 Å². The Hall–Kier alpha value is -0.870. The van der Waals surface area contributed by atoms with Gasteiger partial charge in [0.2, 0.25) is 0 Å². The molecule has 16 heavy (non-hydrogen) atoms. The number of halogens is 4. The molecule has 3 nitrogen and oxygen atoms in total. The molecule has 0 aromatic rings. The third-order valence-corrected chi connectivity index (χ3v) is 1.69. The highest BCUT2D eigenvalue weighted by Crippen LogP contribution is 2.22. The first-order valence-corrected chi connectivity index (χ1v) is 4.80. The van der Waals surface area contributed by atoms with Crippen LogP contribution in [0.5, 0.6) is 0 Å². The first kappa shape index (κ1) is 15.1. The molecule has 0 aliphatic rings. The Kier molecular flexibility index (Phi) is 7.01. The van der Waals surface area contributed by atoms with Crippen LogP contribution in [0.3, 0.4) is 0 Å². The highest BCUT2D eigenvalue weighted by molar-refractivity contribution is 4.89. The van der Waals surface area contributed by atoms with Gasteiger partial charge in [-0.05, 0) is 13.0 Å². The van der Waals surface area contributed by atoms with Crippen molar-refractivity contribution in [1.82, 2.24) is 5.32 Å². The Labute approximate surface area is 91.4 Å². The van der Waals surface area contributed by atoms with Gasteiger partial charge in [-0.2, -0.15) is 14.0 Å². The van der Waals surface area contributed by atoms with Gasteiger partial charge in [-0.1, -0.05) is 6.92 Å². The number of nitrogens with one attached hydrogen (secondary N) is 1. The van der Waals surface area contributed by atoms with Crippen LogP contribution in [0.1, 0.15) is 13.3 Å². The second-order valence-electron chi connectivity index (χ2n) is 3.21. The molecule has 0 aromatic heterocycles. The molecule has 0 spiro atoms.